The maximum atomic E-state index is 13.0. The Hall–Kier alpha value is -2.13. The molecular formula is C20H29N3O5S. The molecule has 160 valence electrons. The van der Waals surface area contributed by atoms with Crippen molar-refractivity contribution in [1.29, 1.82) is 0 Å². The van der Waals surface area contributed by atoms with E-state index in [1.165, 1.54) is 35.0 Å². The summed E-state index contributed by atoms with van der Waals surface area (Å²) in [5, 5.41) is 3.07. The van der Waals surface area contributed by atoms with Gasteiger partial charge in [0.25, 0.3) is 0 Å². The van der Waals surface area contributed by atoms with Crippen LogP contribution in [0.25, 0.3) is 0 Å². The second kappa shape index (κ2) is 9.58. The maximum Gasteiger partial charge on any atom is 0.338 e. The largest absolute Gasteiger partial charge is 0.462 e. The third-order valence-electron chi connectivity index (χ3n) is 5.44. The highest BCUT2D eigenvalue weighted by Gasteiger charge is 2.31. The summed E-state index contributed by atoms with van der Waals surface area (Å²) in [4.78, 5) is 26.1. The fourth-order valence-corrected chi connectivity index (χ4v) is 5.26. The third kappa shape index (κ3) is 5.27. The van der Waals surface area contributed by atoms with E-state index >= 15 is 0 Å². The molecule has 1 aromatic rings. The number of sulfonamides is 1. The molecule has 9 heteroatoms. The van der Waals surface area contributed by atoms with E-state index in [0.29, 0.717) is 13.1 Å². The Labute approximate surface area is 172 Å². The van der Waals surface area contributed by atoms with Gasteiger partial charge in [0.05, 0.1) is 17.1 Å². The summed E-state index contributed by atoms with van der Waals surface area (Å²) >= 11 is 0. The number of carbonyl (C=O) groups excluding carboxylic acids is 2. The first-order valence-electron chi connectivity index (χ1n) is 10.2. The van der Waals surface area contributed by atoms with Crippen LogP contribution < -0.4 is 5.32 Å². The number of benzene rings is 1. The van der Waals surface area contributed by atoms with Crippen LogP contribution in [0.5, 0.6) is 0 Å². The number of rotatable bonds is 5. The topological polar surface area (TPSA) is 96.0 Å². The number of nitrogens with one attached hydrogen (secondary N) is 1. The van der Waals surface area contributed by atoms with Crippen molar-refractivity contribution in [2.24, 2.45) is 0 Å². The van der Waals surface area contributed by atoms with Gasteiger partial charge in [0.15, 0.2) is 0 Å². The monoisotopic (exact) mass is 423 g/mol. The van der Waals surface area contributed by atoms with Crippen molar-refractivity contribution in [1.82, 2.24) is 14.5 Å². The van der Waals surface area contributed by atoms with Crippen molar-refractivity contribution in [3.05, 3.63) is 29.8 Å². The lowest BCUT2D eigenvalue weighted by atomic mass is 9.96. The Morgan fingerprint density at radius 1 is 1.10 bits per heavy atom. The number of urea groups is 1. The second-order valence-electron chi connectivity index (χ2n) is 7.42. The van der Waals surface area contributed by atoms with Gasteiger partial charge in [0.2, 0.25) is 10.0 Å². The highest BCUT2D eigenvalue weighted by molar-refractivity contribution is 7.89. The van der Waals surface area contributed by atoms with Gasteiger partial charge in [0, 0.05) is 32.2 Å². The normalized spacial score (nSPS) is 19.0. The van der Waals surface area contributed by atoms with Crippen LogP contribution in [-0.2, 0) is 14.8 Å². The van der Waals surface area contributed by atoms with E-state index in [1.54, 1.807) is 11.8 Å². The van der Waals surface area contributed by atoms with Crippen molar-refractivity contribution >= 4 is 22.0 Å². The number of carbonyl (C=O) groups is 2. The highest BCUT2D eigenvalue weighted by Crippen LogP contribution is 2.20. The fraction of sp³-hybridized carbons (Fsp3) is 0.600. The molecule has 0 spiro atoms. The van der Waals surface area contributed by atoms with Crippen LogP contribution in [0.1, 0.15) is 49.4 Å². The minimum atomic E-state index is -3.74. The Morgan fingerprint density at radius 2 is 1.79 bits per heavy atom. The lowest BCUT2D eigenvalue weighted by Crippen LogP contribution is -2.54. The Bertz CT molecular complexity index is 828. The fourth-order valence-electron chi connectivity index (χ4n) is 3.79. The van der Waals surface area contributed by atoms with E-state index in [1.807, 2.05) is 0 Å². The SMILES string of the molecule is CCOC(=O)c1cccc(S(=O)(=O)N2CCN(C(=O)NC3CCCCC3)CC2)c1. The van der Waals surface area contributed by atoms with Crippen LogP contribution >= 0.6 is 0 Å². The number of hydrogen-bond acceptors (Lipinski definition) is 5. The summed E-state index contributed by atoms with van der Waals surface area (Å²) in [5.41, 5.74) is 0.207. The van der Waals surface area contributed by atoms with Crippen LogP contribution in [-0.4, -0.2) is 68.5 Å². The van der Waals surface area contributed by atoms with E-state index in [2.05, 4.69) is 5.32 Å². The first-order valence-corrected chi connectivity index (χ1v) is 11.7. The van der Waals surface area contributed by atoms with Crippen molar-refractivity contribution in [2.75, 3.05) is 32.8 Å². The average Bonchev–Trinajstić information content (AvgIpc) is 2.75. The summed E-state index contributed by atoms with van der Waals surface area (Å²) in [6, 6.07) is 6.00. The van der Waals surface area contributed by atoms with E-state index in [0.717, 1.165) is 25.7 Å². The molecule has 1 saturated carbocycles. The molecule has 2 fully saturated rings. The predicted octanol–water partition coefficient (Wildman–Crippen LogP) is 2.21. The minimum Gasteiger partial charge on any atom is -0.462 e. The molecule has 3 rings (SSSR count). The van der Waals surface area contributed by atoms with Crippen LogP contribution in [0.3, 0.4) is 0 Å². The molecule has 0 unspecified atom stereocenters. The first-order chi connectivity index (χ1) is 13.9. The van der Waals surface area contributed by atoms with E-state index in [-0.39, 0.29) is 42.2 Å². The molecule has 2 aliphatic rings. The smallest absolute Gasteiger partial charge is 0.338 e. The van der Waals surface area contributed by atoms with Gasteiger partial charge in [-0.1, -0.05) is 25.3 Å². The number of nitrogens with zero attached hydrogens (tertiary/aromatic N) is 2. The van der Waals surface area contributed by atoms with E-state index in [9.17, 15) is 18.0 Å². The zero-order valence-corrected chi connectivity index (χ0v) is 17.6. The summed E-state index contributed by atoms with van der Waals surface area (Å²) in [5.74, 6) is -0.547. The van der Waals surface area contributed by atoms with Gasteiger partial charge >= 0.3 is 12.0 Å². The highest BCUT2D eigenvalue weighted by atomic mass is 32.2. The van der Waals surface area contributed by atoms with Gasteiger partial charge < -0.3 is 15.0 Å². The van der Waals surface area contributed by atoms with Crippen molar-refractivity contribution in [2.45, 2.75) is 50.0 Å². The van der Waals surface area contributed by atoms with Gasteiger partial charge in [-0.05, 0) is 38.0 Å². The Kier molecular flexibility index (Phi) is 7.13. The Balaban J connectivity index is 1.60. The van der Waals surface area contributed by atoms with Gasteiger partial charge in [-0.25, -0.2) is 18.0 Å². The van der Waals surface area contributed by atoms with Crippen LogP contribution in [0.2, 0.25) is 0 Å². The summed E-state index contributed by atoms with van der Waals surface area (Å²) < 4.78 is 32.2. The molecule has 1 aliphatic heterocycles. The van der Waals surface area contributed by atoms with Crippen molar-refractivity contribution in [3.8, 4) is 0 Å². The number of hydrogen-bond donors (Lipinski definition) is 1. The van der Waals surface area contributed by atoms with Crippen molar-refractivity contribution in [3.63, 3.8) is 0 Å². The predicted molar refractivity (Wildman–Crippen MR) is 108 cm³/mol. The zero-order chi connectivity index (χ0) is 20.9. The molecule has 1 aliphatic carbocycles. The third-order valence-corrected chi connectivity index (χ3v) is 7.34. The van der Waals surface area contributed by atoms with Crippen LogP contribution in [0.4, 0.5) is 4.79 Å². The molecule has 1 N–H and O–H groups in total. The summed E-state index contributed by atoms with van der Waals surface area (Å²) in [6.45, 7) is 3.06. The minimum absolute atomic E-state index is 0.0585. The molecule has 8 nitrogen and oxygen atoms in total. The molecule has 2 amide bonds. The summed E-state index contributed by atoms with van der Waals surface area (Å²) in [7, 11) is -3.74. The number of piperazine rings is 1. The number of esters is 1. The standard InChI is InChI=1S/C20H29N3O5S/c1-2-28-19(24)16-7-6-10-18(15-16)29(26,27)23-13-11-22(12-14-23)20(25)21-17-8-4-3-5-9-17/h6-7,10,15,17H,2-5,8-9,11-14H2,1H3,(H,21,25). The molecular weight excluding hydrogens is 394 g/mol. The van der Waals surface area contributed by atoms with Gasteiger partial charge in [-0.15, -0.1) is 0 Å². The van der Waals surface area contributed by atoms with Crippen LogP contribution in [0.15, 0.2) is 29.2 Å². The number of ether oxygens (including phenoxy) is 1. The van der Waals surface area contributed by atoms with E-state index < -0.39 is 16.0 Å². The van der Waals surface area contributed by atoms with Crippen molar-refractivity contribution < 1.29 is 22.7 Å². The molecule has 29 heavy (non-hydrogen) atoms. The maximum absolute atomic E-state index is 13.0. The molecule has 0 bridgehead atoms. The zero-order valence-electron chi connectivity index (χ0n) is 16.8. The summed E-state index contributed by atoms with van der Waals surface area (Å²) in [6.07, 6.45) is 5.53. The number of amides is 2. The molecule has 0 atom stereocenters. The lowest BCUT2D eigenvalue weighted by molar-refractivity contribution is 0.0526. The molecule has 1 heterocycles. The van der Waals surface area contributed by atoms with Gasteiger partial charge in [-0.3, -0.25) is 0 Å². The second-order valence-corrected chi connectivity index (χ2v) is 9.36. The van der Waals surface area contributed by atoms with Gasteiger partial charge in [-0.2, -0.15) is 4.31 Å². The average molecular weight is 424 g/mol. The molecule has 1 saturated heterocycles. The Morgan fingerprint density at radius 3 is 2.45 bits per heavy atom. The molecule has 1 aromatic carbocycles. The van der Waals surface area contributed by atoms with E-state index in [4.69, 9.17) is 4.74 Å². The molecule has 0 aromatic heterocycles. The first kappa shape index (κ1) is 21.6. The lowest BCUT2D eigenvalue weighted by Gasteiger charge is -2.35. The van der Waals surface area contributed by atoms with Crippen LogP contribution in [0, 0.1) is 0 Å². The molecule has 0 radical (unpaired) electrons. The quantitative estimate of drug-likeness (QED) is 0.733. The van der Waals surface area contributed by atoms with Gasteiger partial charge in [0.1, 0.15) is 0 Å².